The van der Waals surface area contributed by atoms with Crippen LogP contribution in [0.4, 0.5) is 11.4 Å². The van der Waals surface area contributed by atoms with Gasteiger partial charge in [-0.1, -0.05) is 17.3 Å². The van der Waals surface area contributed by atoms with E-state index in [0.717, 1.165) is 17.9 Å². The number of nitrogens with one attached hydrogen (secondary N) is 1. The van der Waals surface area contributed by atoms with E-state index in [-0.39, 0.29) is 0 Å². The highest BCUT2D eigenvalue weighted by molar-refractivity contribution is 5.65. The highest BCUT2D eigenvalue weighted by Gasteiger charge is 1.99. The van der Waals surface area contributed by atoms with Crippen molar-refractivity contribution in [1.29, 1.82) is 0 Å². The van der Waals surface area contributed by atoms with Crippen molar-refractivity contribution in [2.45, 2.75) is 6.42 Å². The van der Waals surface area contributed by atoms with Crippen LogP contribution in [0, 0.1) is 0 Å². The van der Waals surface area contributed by atoms with Crippen LogP contribution in [0.2, 0.25) is 0 Å². The minimum Gasteiger partial charge on any atom is -0.397 e. The standard InChI is InChI=1S/C10H12N4O/c11-8-3-1-2-4-9(8)12-6-5-10-13-7-14-15-10/h1-4,7,12H,5-6,11H2. The van der Waals surface area contributed by atoms with Crippen molar-refractivity contribution in [3.63, 3.8) is 0 Å². The Balaban J connectivity index is 1.86. The first-order valence-corrected chi connectivity index (χ1v) is 4.70. The van der Waals surface area contributed by atoms with E-state index in [1.165, 1.54) is 6.33 Å². The fourth-order valence-corrected chi connectivity index (χ4v) is 1.27. The number of nitrogen functional groups attached to an aromatic ring is 1. The second-order valence-electron chi connectivity index (χ2n) is 3.10. The van der Waals surface area contributed by atoms with E-state index in [2.05, 4.69) is 15.5 Å². The number of nitrogens with zero attached hydrogens (tertiary/aromatic N) is 2. The molecule has 78 valence electrons. The Morgan fingerprint density at radius 1 is 1.33 bits per heavy atom. The highest BCUT2D eigenvalue weighted by Crippen LogP contribution is 2.16. The lowest BCUT2D eigenvalue weighted by atomic mass is 10.2. The van der Waals surface area contributed by atoms with Crippen LogP contribution in [0.15, 0.2) is 35.1 Å². The summed E-state index contributed by atoms with van der Waals surface area (Å²) in [6.07, 6.45) is 2.08. The zero-order chi connectivity index (χ0) is 10.5. The van der Waals surface area contributed by atoms with E-state index >= 15 is 0 Å². The molecule has 0 fully saturated rings. The summed E-state index contributed by atoms with van der Waals surface area (Å²) in [6, 6.07) is 7.63. The zero-order valence-electron chi connectivity index (χ0n) is 8.18. The van der Waals surface area contributed by atoms with Crippen LogP contribution in [0.3, 0.4) is 0 Å². The lowest BCUT2D eigenvalue weighted by Crippen LogP contribution is -2.06. The van der Waals surface area contributed by atoms with Gasteiger partial charge in [0.1, 0.15) is 0 Å². The topological polar surface area (TPSA) is 77.0 Å². The van der Waals surface area contributed by atoms with Gasteiger partial charge in [0.25, 0.3) is 0 Å². The van der Waals surface area contributed by atoms with Gasteiger partial charge in [0, 0.05) is 13.0 Å². The Kier molecular flexibility index (Phi) is 2.82. The van der Waals surface area contributed by atoms with Crippen LogP contribution >= 0.6 is 0 Å². The monoisotopic (exact) mass is 204 g/mol. The molecule has 5 heteroatoms. The van der Waals surface area contributed by atoms with Gasteiger partial charge in [-0.25, -0.2) is 0 Å². The normalized spacial score (nSPS) is 10.1. The molecule has 1 heterocycles. The maximum absolute atomic E-state index is 5.77. The number of hydrogen-bond acceptors (Lipinski definition) is 5. The van der Waals surface area contributed by atoms with E-state index in [1.807, 2.05) is 24.3 Å². The fourth-order valence-electron chi connectivity index (χ4n) is 1.27. The van der Waals surface area contributed by atoms with Crippen molar-refractivity contribution in [1.82, 2.24) is 10.1 Å². The molecule has 1 aromatic carbocycles. The van der Waals surface area contributed by atoms with Gasteiger partial charge >= 0.3 is 0 Å². The second-order valence-corrected chi connectivity index (χ2v) is 3.10. The van der Waals surface area contributed by atoms with E-state index in [1.54, 1.807) is 0 Å². The Morgan fingerprint density at radius 2 is 2.20 bits per heavy atom. The van der Waals surface area contributed by atoms with Gasteiger partial charge in [0.05, 0.1) is 11.4 Å². The summed E-state index contributed by atoms with van der Waals surface area (Å²) in [4.78, 5) is 3.92. The van der Waals surface area contributed by atoms with Gasteiger partial charge in [-0.05, 0) is 12.1 Å². The molecular weight excluding hydrogens is 192 g/mol. The Bertz CT molecular complexity index is 413. The van der Waals surface area contributed by atoms with E-state index in [9.17, 15) is 0 Å². The maximum atomic E-state index is 5.77. The van der Waals surface area contributed by atoms with E-state index in [0.29, 0.717) is 12.3 Å². The summed E-state index contributed by atoms with van der Waals surface area (Å²) in [5.41, 5.74) is 7.43. The predicted octanol–water partition coefficient (Wildman–Crippen LogP) is 1.31. The molecule has 2 rings (SSSR count). The summed E-state index contributed by atoms with van der Waals surface area (Å²) >= 11 is 0. The van der Waals surface area contributed by atoms with Crippen molar-refractivity contribution in [3.8, 4) is 0 Å². The van der Waals surface area contributed by atoms with Crippen LogP contribution in [0.1, 0.15) is 5.89 Å². The molecule has 0 amide bonds. The van der Waals surface area contributed by atoms with Gasteiger partial charge in [0.15, 0.2) is 6.33 Å². The number of anilines is 2. The summed E-state index contributed by atoms with van der Waals surface area (Å²) in [7, 11) is 0. The molecule has 2 aromatic rings. The molecule has 0 unspecified atom stereocenters. The first-order valence-electron chi connectivity index (χ1n) is 4.70. The largest absolute Gasteiger partial charge is 0.397 e. The molecule has 1 aromatic heterocycles. The molecule has 0 aliphatic heterocycles. The van der Waals surface area contributed by atoms with Crippen molar-refractivity contribution in [3.05, 3.63) is 36.5 Å². The van der Waals surface area contributed by atoms with Crippen molar-refractivity contribution in [2.24, 2.45) is 0 Å². The third-order valence-corrected chi connectivity index (χ3v) is 2.02. The summed E-state index contributed by atoms with van der Waals surface area (Å²) < 4.78 is 4.87. The molecule has 3 N–H and O–H groups in total. The second kappa shape index (κ2) is 4.45. The molecule has 0 aliphatic rings. The van der Waals surface area contributed by atoms with E-state index in [4.69, 9.17) is 10.3 Å². The van der Waals surface area contributed by atoms with Crippen LogP contribution in [0.5, 0.6) is 0 Å². The van der Waals surface area contributed by atoms with Crippen molar-refractivity contribution in [2.75, 3.05) is 17.6 Å². The third-order valence-electron chi connectivity index (χ3n) is 2.02. The summed E-state index contributed by atoms with van der Waals surface area (Å²) in [6.45, 7) is 0.719. The lowest BCUT2D eigenvalue weighted by Gasteiger charge is -2.06. The van der Waals surface area contributed by atoms with Crippen LogP contribution < -0.4 is 11.1 Å². The van der Waals surface area contributed by atoms with E-state index < -0.39 is 0 Å². The van der Waals surface area contributed by atoms with Gasteiger partial charge in [-0.3, -0.25) is 0 Å². The number of benzene rings is 1. The molecule has 0 saturated carbocycles. The number of nitrogens with two attached hydrogens (primary N) is 1. The predicted molar refractivity (Wildman–Crippen MR) is 57.3 cm³/mol. The third kappa shape index (κ3) is 2.46. The van der Waals surface area contributed by atoms with Gasteiger partial charge < -0.3 is 15.6 Å². The summed E-state index contributed by atoms with van der Waals surface area (Å²) in [5, 5.41) is 6.73. The maximum Gasteiger partial charge on any atom is 0.228 e. The van der Waals surface area contributed by atoms with Crippen LogP contribution in [-0.4, -0.2) is 16.7 Å². The van der Waals surface area contributed by atoms with Gasteiger partial charge in [-0.2, -0.15) is 4.98 Å². The summed E-state index contributed by atoms with van der Waals surface area (Å²) in [5.74, 6) is 0.622. The molecule has 0 saturated heterocycles. The molecule has 0 spiro atoms. The molecule has 0 atom stereocenters. The van der Waals surface area contributed by atoms with Crippen molar-refractivity contribution < 1.29 is 4.52 Å². The molecule has 15 heavy (non-hydrogen) atoms. The number of aromatic nitrogens is 2. The minimum atomic E-state index is 0.622. The molecule has 0 radical (unpaired) electrons. The average molecular weight is 204 g/mol. The highest BCUT2D eigenvalue weighted by atomic mass is 16.5. The van der Waals surface area contributed by atoms with Crippen LogP contribution in [0.25, 0.3) is 0 Å². The smallest absolute Gasteiger partial charge is 0.228 e. The quantitative estimate of drug-likeness (QED) is 0.734. The number of rotatable bonds is 4. The number of hydrogen-bond donors (Lipinski definition) is 2. The fraction of sp³-hybridized carbons (Fsp3) is 0.200. The van der Waals surface area contributed by atoms with Crippen molar-refractivity contribution >= 4 is 11.4 Å². The first-order chi connectivity index (χ1) is 7.36. The van der Waals surface area contributed by atoms with Gasteiger partial charge in [-0.15, -0.1) is 0 Å². The lowest BCUT2D eigenvalue weighted by molar-refractivity contribution is 0.380. The van der Waals surface area contributed by atoms with Gasteiger partial charge in [0.2, 0.25) is 5.89 Å². The van der Waals surface area contributed by atoms with Crippen LogP contribution in [-0.2, 0) is 6.42 Å². The molecular formula is C10H12N4O. The molecule has 5 nitrogen and oxygen atoms in total. The molecule has 0 bridgehead atoms. The molecule has 0 aliphatic carbocycles. The SMILES string of the molecule is Nc1ccccc1NCCc1ncno1. The Labute approximate surface area is 87.3 Å². The Hall–Kier alpha value is -2.04. The first kappa shape index (κ1) is 9.51. The number of para-hydroxylation sites is 2. The Morgan fingerprint density at radius 3 is 2.93 bits per heavy atom. The minimum absolute atomic E-state index is 0.622. The average Bonchev–Trinajstić information content (AvgIpc) is 2.74. The zero-order valence-corrected chi connectivity index (χ0v) is 8.18.